The molecule has 0 aliphatic heterocycles. The van der Waals surface area contributed by atoms with E-state index in [0.717, 1.165) is 12.0 Å². The van der Waals surface area contributed by atoms with Crippen LogP contribution in [0.1, 0.15) is 19.4 Å². The van der Waals surface area contributed by atoms with Crippen molar-refractivity contribution in [1.29, 1.82) is 5.26 Å². The first-order valence-electron chi connectivity index (χ1n) is 7.09. The monoisotopic (exact) mass is 327 g/mol. The van der Waals surface area contributed by atoms with Crippen LogP contribution in [-0.4, -0.2) is 26.7 Å². The number of aromatic amines is 1. The molecule has 0 atom stereocenters. The topological polar surface area (TPSA) is 108 Å². The minimum Gasteiger partial charge on any atom is -0.401 e. The van der Waals surface area contributed by atoms with Crippen molar-refractivity contribution >= 4 is 17.5 Å². The van der Waals surface area contributed by atoms with E-state index in [1.54, 1.807) is 0 Å². The summed E-state index contributed by atoms with van der Waals surface area (Å²) in [5.74, 6) is 0.397. The van der Waals surface area contributed by atoms with E-state index in [-0.39, 0.29) is 22.8 Å². The Hall–Kier alpha value is -2.59. The summed E-state index contributed by atoms with van der Waals surface area (Å²) in [6, 6.07) is 9.87. The number of nitrogens with one attached hydrogen (secondary N) is 1. The third-order valence-electron chi connectivity index (χ3n) is 3.22. The fourth-order valence-corrected chi connectivity index (χ4v) is 2.58. The van der Waals surface area contributed by atoms with Crippen LogP contribution in [0.4, 0.5) is 0 Å². The summed E-state index contributed by atoms with van der Waals surface area (Å²) in [4.78, 5) is 16.2. The minimum atomic E-state index is -0.323. The number of hydrogen-bond donors (Lipinski definition) is 2. The van der Waals surface area contributed by atoms with Crippen molar-refractivity contribution < 1.29 is 4.79 Å². The number of hydrogen-bond acceptors (Lipinski definition) is 6. The zero-order chi connectivity index (χ0) is 16.8. The van der Waals surface area contributed by atoms with Gasteiger partial charge in [0.1, 0.15) is 11.6 Å². The Bertz CT molecular complexity index is 767. The summed E-state index contributed by atoms with van der Waals surface area (Å²) in [5, 5.41) is 16.3. The highest BCUT2D eigenvalue weighted by molar-refractivity contribution is 7.99. The Labute approximate surface area is 138 Å². The molecule has 118 valence electrons. The van der Waals surface area contributed by atoms with Gasteiger partial charge in [0.05, 0.1) is 5.75 Å². The smallest absolute Gasteiger partial charge is 0.209 e. The summed E-state index contributed by atoms with van der Waals surface area (Å²) >= 11 is 1.17. The molecule has 0 aliphatic carbocycles. The summed E-state index contributed by atoms with van der Waals surface area (Å²) in [6.07, 6.45) is 0.981. The molecule has 1 aromatic carbocycles. The van der Waals surface area contributed by atoms with Gasteiger partial charge >= 0.3 is 0 Å². The van der Waals surface area contributed by atoms with Gasteiger partial charge in [-0.3, -0.25) is 9.89 Å². The van der Waals surface area contributed by atoms with Crippen LogP contribution in [0.5, 0.6) is 0 Å². The first-order valence-corrected chi connectivity index (χ1v) is 8.07. The van der Waals surface area contributed by atoms with Crippen LogP contribution in [-0.2, 0) is 11.2 Å². The van der Waals surface area contributed by atoms with Gasteiger partial charge in [-0.05, 0) is 18.9 Å². The van der Waals surface area contributed by atoms with Crippen LogP contribution in [0.2, 0.25) is 0 Å². The number of Topliss-reactive ketones (excluding diaryl/α,β-unsaturated/α-hetero) is 1. The number of aromatic nitrogens is 3. The van der Waals surface area contributed by atoms with Crippen molar-refractivity contribution in [3.63, 3.8) is 0 Å². The van der Waals surface area contributed by atoms with Gasteiger partial charge in [0.15, 0.2) is 11.6 Å². The Morgan fingerprint density at radius 1 is 1.39 bits per heavy atom. The van der Waals surface area contributed by atoms with E-state index < -0.39 is 0 Å². The molecule has 2 aromatic rings. The van der Waals surface area contributed by atoms with E-state index in [0.29, 0.717) is 11.0 Å². The molecular weight excluding hydrogens is 310 g/mol. The molecule has 7 heteroatoms. The molecule has 0 fully saturated rings. The Morgan fingerprint density at radius 3 is 2.65 bits per heavy atom. The zero-order valence-electron chi connectivity index (χ0n) is 13.0. The van der Waals surface area contributed by atoms with Crippen LogP contribution in [0.15, 0.2) is 40.7 Å². The molecule has 23 heavy (non-hydrogen) atoms. The summed E-state index contributed by atoms with van der Waals surface area (Å²) < 4.78 is 0. The highest BCUT2D eigenvalue weighted by atomic mass is 32.2. The molecule has 2 rings (SSSR count). The zero-order valence-corrected chi connectivity index (χ0v) is 13.8. The first kappa shape index (κ1) is 16.8. The highest BCUT2D eigenvalue weighted by Gasteiger charge is 2.14. The maximum absolute atomic E-state index is 11.9. The fourth-order valence-electron chi connectivity index (χ4n) is 1.91. The second-order valence-electron chi connectivity index (χ2n) is 4.90. The highest BCUT2D eigenvalue weighted by Crippen LogP contribution is 2.20. The van der Waals surface area contributed by atoms with Crippen molar-refractivity contribution in [3.05, 3.63) is 41.1 Å². The van der Waals surface area contributed by atoms with Crippen molar-refractivity contribution in [2.24, 2.45) is 5.73 Å². The number of nitriles is 1. The minimum absolute atomic E-state index is 0.0107. The second-order valence-corrected chi connectivity index (χ2v) is 5.84. The number of ketones is 1. The lowest BCUT2D eigenvalue weighted by Crippen LogP contribution is -2.10. The first-order chi connectivity index (χ1) is 11.0. The maximum atomic E-state index is 11.9. The number of H-pyrrole nitrogens is 1. The number of thioether (sulfide) groups is 1. The average Bonchev–Trinajstić information content (AvgIpc) is 3.02. The van der Waals surface area contributed by atoms with Crippen LogP contribution in [0.25, 0.3) is 11.4 Å². The average molecular weight is 327 g/mol. The van der Waals surface area contributed by atoms with Crippen molar-refractivity contribution in [2.45, 2.75) is 25.4 Å². The van der Waals surface area contributed by atoms with E-state index >= 15 is 0 Å². The molecule has 0 amide bonds. The molecular formula is C16H17N5OS. The normalized spacial score (nSPS) is 11.7. The summed E-state index contributed by atoms with van der Waals surface area (Å²) in [5.41, 5.74) is 7.91. The van der Waals surface area contributed by atoms with Gasteiger partial charge in [-0.1, -0.05) is 43.0 Å². The number of carbonyl (C=O) groups excluding carboxylic acids is 1. The van der Waals surface area contributed by atoms with Gasteiger partial charge in [-0.2, -0.15) is 5.26 Å². The largest absolute Gasteiger partial charge is 0.401 e. The predicted molar refractivity (Wildman–Crippen MR) is 89.4 cm³/mol. The van der Waals surface area contributed by atoms with Gasteiger partial charge in [0.25, 0.3) is 0 Å². The summed E-state index contributed by atoms with van der Waals surface area (Å²) in [6.45, 7) is 3.63. The summed E-state index contributed by atoms with van der Waals surface area (Å²) in [7, 11) is 0. The Kier molecular flexibility index (Phi) is 5.55. The van der Waals surface area contributed by atoms with Crippen molar-refractivity contribution in [1.82, 2.24) is 15.2 Å². The molecule has 0 saturated heterocycles. The van der Waals surface area contributed by atoms with Gasteiger partial charge in [-0.15, -0.1) is 5.10 Å². The molecule has 3 N–H and O–H groups in total. The third-order valence-corrected chi connectivity index (χ3v) is 4.07. The van der Waals surface area contributed by atoms with Crippen LogP contribution < -0.4 is 5.73 Å². The quantitative estimate of drug-likeness (QED) is 0.479. The molecule has 0 unspecified atom stereocenters. The van der Waals surface area contributed by atoms with Gasteiger partial charge < -0.3 is 5.73 Å². The molecule has 0 spiro atoms. The van der Waals surface area contributed by atoms with Gasteiger partial charge in [0.2, 0.25) is 5.16 Å². The lowest BCUT2D eigenvalue weighted by Gasteiger charge is -1.99. The Morgan fingerprint density at radius 2 is 2.09 bits per heavy atom. The van der Waals surface area contributed by atoms with E-state index in [1.165, 1.54) is 24.2 Å². The number of allylic oxidation sites excluding steroid dienone is 2. The van der Waals surface area contributed by atoms with Crippen LogP contribution >= 0.6 is 11.8 Å². The molecule has 6 nitrogen and oxygen atoms in total. The number of nitrogens with zero attached hydrogens (tertiary/aromatic N) is 3. The maximum Gasteiger partial charge on any atom is 0.209 e. The number of aryl methyl sites for hydroxylation is 1. The van der Waals surface area contributed by atoms with E-state index in [1.807, 2.05) is 30.3 Å². The molecule has 0 aliphatic rings. The lowest BCUT2D eigenvalue weighted by molar-refractivity contribution is -0.112. The molecule has 1 heterocycles. The number of rotatable bonds is 6. The van der Waals surface area contributed by atoms with Crippen LogP contribution in [0, 0.1) is 11.3 Å². The molecule has 1 aromatic heterocycles. The lowest BCUT2D eigenvalue weighted by atomic mass is 10.1. The molecule has 0 bridgehead atoms. The van der Waals surface area contributed by atoms with Crippen molar-refractivity contribution in [3.8, 4) is 17.5 Å². The van der Waals surface area contributed by atoms with Gasteiger partial charge in [0, 0.05) is 11.3 Å². The van der Waals surface area contributed by atoms with Crippen molar-refractivity contribution in [2.75, 3.05) is 5.75 Å². The van der Waals surface area contributed by atoms with Gasteiger partial charge in [-0.25, -0.2) is 4.98 Å². The molecule has 0 radical (unpaired) electrons. The third kappa shape index (κ3) is 4.20. The fraction of sp³-hybridized carbons (Fsp3) is 0.250. The van der Waals surface area contributed by atoms with E-state index in [9.17, 15) is 4.79 Å². The number of benzene rings is 1. The van der Waals surface area contributed by atoms with E-state index in [4.69, 9.17) is 11.0 Å². The number of nitrogens with two attached hydrogens (primary N) is 1. The second kappa shape index (κ2) is 7.61. The van der Waals surface area contributed by atoms with Crippen LogP contribution in [0.3, 0.4) is 0 Å². The standard InChI is InChI=1S/C16H17N5OS/c1-3-11-4-6-12(7-5-11)15-19-16(21-20-15)23-9-14(22)13(8-17)10(2)18/h4-7H,3,9,18H2,1-2H3,(H,19,20,21)/b13-10-. The number of carbonyl (C=O) groups is 1. The molecule has 0 saturated carbocycles. The van der Waals surface area contributed by atoms with E-state index in [2.05, 4.69) is 22.1 Å². The Balaban J connectivity index is 2.04. The predicted octanol–water partition coefficient (Wildman–Crippen LogP) is 2.45. The SMILES string of the molecule is CCc1ccc(-c2nc(SCC(=O)/C(C#N)=C(/C)N)n[nH]2)cc1.